The second-order valence-corrected chi connectivity index (χ2v) is 7.51. The first-order chi connectivity index (χ1) is 14.5. The van der Waals surface area contributed by atoms with Gasteiger partial charge in [-0.05, 0) is 72.0 Å². The smallest absolute Gasteiger partial charge is 0.196 e. The number of hydrogen-bond donors (Lipinski definition) is 0. The van der Waals surface area contributed by atoms with Gasteiger partial charge in [0.2, 0.25) is 0 Å². The maximum absolute atomic E-state index is 13.8. The van der Waals surface area contributed by atoms with Crippen molar-refractivity contribution in [3.63, 3.8) is 0 Å². The van der Waals surface area contributed by atoms with Crippen molar-refractivity contribution in [1.82, 2.24) is 4.37 Å². The number of benzene rings is 3. The monoisotopic (exact) mass is 421 g/mol. The molecular formula is C24H17F2NO2S. The molecule has 150 valence electrons. The Hall–Kier alpha value is -3.38. The fraction of sp³-hybridized carbons (Fsp3) is 0.0833. The molecule has 0 spiro atoms. The number of aryl methyl sites for hydroxylation is 1. The van der Waals surface area contributed by atoms with Crippen molar-refractivity contribution < 1.29 is 18.3 Å². The Bertz CT molecular complexity index is 1230. The van der Waals surface area contributed by atoms with Gasteiger partial charge in [-0.3, -0.25) is 4.79 Å². The van der Waals surface area contributed by atoms with Gasteiger partial charge in [-0.15, -0.1) is 0 Å². The van der Waals surface area contributed by atoms with Crippen LogP contribution in [0.15, 0.2) is 66.7 Å². The molecule has 0 aliphatic carbocycles. The molecule has 0 fully saturated rings. The number of aromatic nitrogens is 1. The van der Waals surface area contributed by atoms with Gasteiger partial charge in [0.05, 0.1) is 23.2 Å². The molecule has 4 aromatic rings. The second kappa shape index (κ2) is 8.16. The molecule has 0 aliphatic rings. The number of rotatable bonds is 5. The van der Waals surface area contributed by atoms with E-state index in [1.807, 2.05) is 43.3 Å². The molecule has 0 saturated heterocycles. The predicted octanol–water partition coefficient (Wildman–Crippen LogP) is 6.30. The fourth-order valence-corrected chi connectivity index (χ4v) is 4.14. The minimum Gasteiger partial charge on any atom is -0.497 e. The van der Waals surface area contributed by atoms with Gasteiger partial charge in [0.15, 0.2) is 17.4 Å². The first-order valence-electron chi connectivity index (χ1n) is 9.19. The van der Waals surface area contributed by atoms with Crippen LogP contribution in [-0.4, -0.2) is 17.3 Å². The van der Waals surface area contributed by atoms with E-state index in [9.17, 15) is 13.6 Å². The first-order valence-corrected chi connectivity index (χ1v) is 9.96. The molecule has 0 atom stereocenters. The number of ketones is 1. The van der Waals surface area contributed by atoms with E-state index < -0.39 is 17.4 Å². The minimum absolute atomic E-state index is 0.0682. The summed E-state index contributed by atoms with van der Waals surface area (Å²) in [6, 6.07) is 18.1. The van der Waals surface area contributed by atoms with Gasteiger partial charge in [0.1, 0.15) is 5.75 Å². The van der Waals surface area contributed by atoms with Crippen LogP contribution in [0.2, 0.25) is 0 Å². The summed E-state index contributed by atoms with van der Waals surface area (Å²) in [7, 11) is 1.58. The van der Waals surface area contributed by atoms with E-state index in [-0.39, 0.29) is 5.56 Å². The van der Waals surface area contributed by atoms with Crippen LogP contribution in [0.1, 0.15) is 21.5 Å². The number of ether oxygens (including phenoxy) is 1. The average molecular weight is 421 g/mol. The maximum atomic E-state index is 13.8. The van der Waals surface area contributed by atoms with Gasteiger partial charge in [-0.25, -0.2) is 8.78 Å². The van der Waals surface area contributed by atoms with Crippen LogP contribution >= 0.6 is 11.5 Å². The lowest BCUT2D eigenvalue weighted by atomic mass is 9.94. The Kier molecular flexibility index (Phi) is 5.42. The molecule has 6 heteroatoms. The van der Waals surface area contributed by atoms with E-state index in [4.69, 9.17) is 4.74 Å². The molecule has 0 saturated carbocycles. The molecule has 30 heavy (non-hydrogen) atoms. The predicted molar refractivity (Wildman–Crippen MR) is 114 cm³/mol. The van der Waals surface area contributed by atoms with E-state index in [1.165, 1.54) is 17.6 Å². The molecule has 0 N–H and O–H groups in total. The number of halogens is 2. The molecule has 0 radical (unpaired) electrons. The molecule has 1 aromatic heterocycles. The van der Waals surface area contributed by atoms with E-state index in [2.05, 4.69) is 4.37 Å². The summed E-state index contributed by atoms with van der Waals surface area (Å²) in [6.07, 6.45) is 0. The van der Waals surface area contributed by atoms with Crippen LogP contribution in [-0.2, 0) is 0 Å². The lowest BCUT2D eigenvalue weighted by molar-refractivity contribution is 0.103. The van der Waals surface area contributed by atoms with Crippen LogP contribution < -0.4 is 4.74 Å². The summed E-state index contributed by atoms with van der Waals surface area (Å²) >= 11 is 1.20. The van der Waals surface area contributed by atoms with Crippen molar-refractivity contribution in [3.05, 3.63) is 95.1 Å². The number of methoxy groups -OCH3 is 1. The van der Waals surface area contributed by atoms with Gasteiger partial charge in [-0.2, -0.15) is 4.37 Å². The van der Waals surface area contributed by atoms with Gasteiger partial charge in [0.25, 0.3) is 0 Å². The third-order valence-electron chi connectivity index (χ3n) is 4.85. The Morgan fingerprint density at radius 1 is 0.967 bits per heavy atom. The number of carbonyl (C=O) groups is 1. The number of hydrogen-bond acceptors (Lipinski definition) is 4. The van der Waals surface area contributed by atoms with Crippen molar-refractivity contribution in [2.24, 2.45) is 0 Å². The highest BCUT2D eigenvalue weighted by Gasteiger charge is 2.25. The molecule has 0 unspecified atom stereocenters. The summed E-state index contributed by atoms with van der Waals surface area (Å²) < 4.78 is 37.0. The second-order valence-electron chi connectivity index (χ2n) is 6.74. The standard InChI is InChI=1S/C24H17F2NO2S/c1-14-5-3-4-6-18(14)22-21(23(28)16-9-12-19(25)20(26)13-16)24(30-27-22)15-7-10-17(29-2)11-8-15/h3-13H,1-2H3. The number of nitrogens with zero attached hydrogens (tertiary/aromatic N) is 1. The Morgan fingerprint density at radius 2 is 1.70 bits per heavy atom. The SMILES string of the molecule is COc1ccc(-c2snc(-c3ccccc3C)c2C(=O)c2ccc(F)c(F)c2)cc1. The summed E-state index contributed by atoms with van der Waals surface area (Å²) in [6.45, 7) is 1.94. The highest BCUT2D eigenvalue weighted by atomic mass is 32.1. The maximum Gasteiger partial charge on any atom is 0.196 e. The molecule has 1 heterocycles. The normalized spacial score (nSPS) is 10.8. The number of carbonyl (C=O) groups excluding carboxylic acids is 1. The topological polar surface area (TPSA) is 39.2 Å². The molecular weight excluding hydrogens is 404 g/mol. The van der Waals surface area contributed by atoms with Gasteiger partial charge in [0, 0.05) is 11.1 Å². The fourth-order valence-electron chi connectivity index (χ4n) is 3.24. The summed E-state index contributed by atoms with van der Waals surface area (Å²) in [5.74, 6) is -1.78. The zero-order chi connectivity index (χ0) is 21.3. The van der Waals surface area contributed by atoms with Crippen LogP contribution in [0.25, 0.3) is 21.7 Å². The Balaban J connectivity index is 1.92. The largest absolute Gasteiger partial charge is 0.497 e. The highest BCUT2D eigenvalue weighted by molar-refractivity contribution is 7.10. The molecule has 3 nitrogen and oxygen atoms in total. The third-order valence-corrected chi connectivity index (χ3v) is 5.75. The lowest BCUT2D eigenvalue weighted by Crippen LogP contribution is -2.05. The zero-order valence-electron chi connectivity index (χ0n) is 16.3. The summed E-state index contributed by atoms with van der Waals surface area (Å²) in [5, 5.41) is 0. The zero-order valence-corrected chi connectivity index (χ0v) is 17.1. The molecule has 0 amide bonds. The van der Waals surface area contributed by atoms with E-state index in [0.717, 1.165) is 28.8 Å². The van der Waals surface area contributed by atoms with Gasteiger partial charge >= 0.3 is 0 Å². The molecule has 4 rings (SSSR count). The van der Waals surface area contributed by atoms with Crippen LogP contribution in [0, 0.1) is 18.6 Å². The summed E-state index contributed by atoms with van der Waals surface area (Å²) in [5.41, 5.74) is 3.53. The van der Waals surface area contributed by atoms with Crippen molar-refractivity contribution >= 4 is 17.3 Å². The quantitative estimate of drug-likeness (QED) is 0.355. The molecule has 3 aromatic carbocycles. The third kappa shape index (κ3) is 3.62. The first kappa shape index (κ1) is 19.9. The van der Waals surface area contributed by atoms with Gasteiger partial charge < -0.3 is 4.74 Å². The minimum atomic E-state index is -1.06. The van der Waals surface area contributed by atoms with Crippen LogP contribution in [0.3, 0.4) is 0 Å². The van der Waals surface area contributed by atoms with Crippen molar-refractivity contribution in [3.8, 4) is 27.4 Å². The van der Waals surface area contributed by atoms with Gasteiger partial charge in [-0.1, -0.05) is 24.3 Å². The highest BCUT2D eigenvalue weighted by Crippen LogP contribution is 2.38. The van der Waals surface area contributed by atoms with Crippen molar-refractivity contribution in [2.45, 2.75) is 6.92 Å². The van der Waals surface area contributed by atoms with Crippen molar-refractivity contribution in [2.75, 3.05) is 7.11 Å². The molecule has 0 bridgehead atoms. The van der Waals surface area contributed by atoms with E-state index in [0.29, 0.717) is 21.9 Å². The molecule has 0 aliphatic heterocycles. The lowest BCUT2D eigenvalue weighted by Gasteiger charge is -2.09. The van der Waals surface area contributed by atoms with Crippen LogP contribution in [0.4, 0.5) is 8.78 Å². The average Bonchev–Trinajstić information content (AvgIpc) is 3.20. The Morgan fingerprint density at radius 3 is 2.37 bits per heavy atom. The van der Waals surface area contributed by atoms with E-state index in [1.54, 1.807) is 19.2 Å². The van der Waals surface area contributed by atoms with E-state index >= 15 is 0 Å². The van der Waals surface area contributed by atoms with Crippen LogP contribution in [0.5, 0.6) is 5.75 Å². The van der Waals surface area contributed by atoms with Crippen molar-refractivity contribution in [1.29, 1.82) is 0 Å². The summed E-state index contributed by atoms with van der Waals surface area (Å²) in [4.78, 5) is 14.1. The Labute approximate surface area is 176 Å².